The van der Waals surface area contributed by atoms with E-state index in [1.165, 1.54) is 46.5 Å². The fourth-order valence-electron chi connectivity index (χ4n) is 11.5. The number of nitrogens with zero attached hydrogens (tertiary/aromatic N) is 4. The van der Waals surface area contributed by atoms with Crippen LogP contribution < -0.4 is 10.6 Å². The quantitative estimate of drug-likeness (QED) is 0.0441. The van der Waals surface area contributed by atoms with Gasteiger partial charge in [-0.3, -0.25) is 9.80 Å². The Hall–Kier alpha value is -4.82. The van der Waals surface area contributed by atoms with E-state index in [-0.39, 0.29) is 48.0 Å². The number of ether oxygens (including phenoxy) is 4. The monoisotopic (exact) mass is 955 g/mol. The summed E-state index contributed by atoms with van der Waals surface area (Å²) in [5.41, 5.74) is 9.87. The molecule has 4 aromatic rings. The maximum Gasteiger partial charge on any atom is 0.129 e. The third kappa shape index (κ3) is 12.6. The first-order valence-corrected chi connectivity index (χ1v) is 26.4. The van der Waals surface area contributed by atoms with Crippen LogP contribution in [0.1, 0.15) is 133 Å². The number of aromatic nitrogens is 2. The lowest BCUT2D eigenvalue weighted by Gasteiger charge is -2.29. The third-order valence-electron chi connectivity index (χ3n) is 15.4. The van der Waals surface area contributed by atoms with Gasteiger partial charge in [0.1, 0.15) is 23.2 Å². The number of anilines is 2. The SMILES string of the molecule is C=C(O)[C@@H](c1ccccc1[C@H]1C[C@@H]1OC)N1CC[C@@H](OCCCCc2ccc3c(n2)NCCC3)C1.C=C(O)[C@H](c1ccccc1[C@H]1C[C@@H]1OC)N1CC[C@@H](OCCCCc2ccc3c(n2)NCCC3)C1. The number of hydrogen-bond donors (Lipinski definition) is 4. The second kappa shape index (κ2) is 24.1. The molecular formula is C58H78N6O6. The van der Waals surface area contributed by atoms with E-state index in [1.54, 1.807) is 14.2 Å². The van der Waals surface area contributed by atoms with Gasteiger partial charge in [-0.1, -0.05) is 73.8 Å². The number of methoxy groups -OCH3 is 2. The molecule has 0 radical (unpaired) electrons. The van der Waals surface area contributed by atoms with Gasteiger partial charge in [-0.15, -0.1) is 0 Å². The van der Waals surface area contributed by atoms with Crippen molar-refractivity contribution in [3.05, 3.63) is 142 Å². The van der Waals surface area contributed by atoms with Gasteiger partial charge in [0, 0.05) is 89.9 Å². The van der Waals surface area contributed by atoms with E-state index in [4.69, 9.17) is 28.9 Å². The number of fused-ring (bicyclic) bond motifs is 2. The minimum absolute atomic E-state index is 0.193. The number of aryl methyl sites for hydroxylation is 4. The molecule has 0 amide bonds. The van der Waals surface area contributed by atoms with E-state index in [9.17, 15) is 10.2 Å². The molecular weight excluding hydrogens is 877 g/mol. The van der Waals surface area contributed by atoms with Crippen LogP contribution in [-0.4, -0.2) is 121 Å². The number of unbranched alkanes of at least 4 members (excludes halogenated alkanes) is 2. The van der Waals surface area contributed by atoms with Crippen LogP contribution in [0.25, 0.3) is 0 Å². The molecule has 4 fully saturated rings. The smallest absolute Gasteiger partial charge is 0.129 e. The van der Waals surface area contributed by atoms with Crippen molar-refractivity contribution in [2.45, 2.75) is 138 Å². The maximum atomic E-state index is 10.6. The van der Waals surface area contributed by atoms with Crippen molar-refractivity contribution in [2.75, 3.05) is 77.3 Å². The Morgan fingerprint density at radius 3 is 1.49 bits per heavy atom. The van der Waals surface area contributed by atoms with Crippen molar-refractivity contribution in [1.82, 2.24) is 19.8 Å². The van der Waals surface area contributed by atoms with Crippen LogP contribution in [0.2, 0.25) is 0 Å². The van der Waals surface area contributed by atoms with Gasteiger partial charge in [-0.05, 0) is 135 Å². The van der Waals surface area contributed by atoms with Crippen LogP contribution in [0, 0.1) is 0 Å². The van der Waals surface area contributed by atoms with E-state index in [1.807, 2.05) is 0 Å². The number of aliphatic hydroxyl groups is 2. The molecule has 12 heteroatoms. The van der Waals surface area contributed by atoms with Crippen LogP contribution in [0.15, 0.2) is 97.5 Å². The summed E-state index contributed by atoms with van der Waals surface area (Å²) in [6.45, 7) is 14.9. The van der Waals surface area contributed by atoms with E-state index >= 15 is 0 Å². The molecule has 4 N–H and O–H groups in total. The third-order valence-corrected chi connectivity index (χ3v) is 15.4. The van der Waals surface area contributed by atoms with Gasteiger partial charge in [-0.2, -0.15) is 0 Å². The molecule has 0 unspecified atom stereocenters. The van der Waals surface area contributed by atoms with Crippen LogP contribution in [-0.2, 0) is 44.6 Å². The van der Waals surface area contributed by atoms with Crippen LogP contribution in [0.4, 0.5) is 11.6 Å². The zero-order chi connectivity index (χ0) is 48.4. The molecule has 4 aliphatic heterocycles. The minimum atomic E-state index is -0.193. The molecule has 8 atom stereocenters. The Morgan fingerprint density at radius 2 is 1.07 bits per heavy atom. The molecule has 12 nitrogen and oxygen atoms in total. The summed E-state index contributed by atoms with van der Waals surface area (Å²) in [5, 5.41) is 28.0. The molecule has 376 valence electrons. The molecule has 6 heterocycles. The van der Waals surface area contributed by atoms with Crippen molar-refractivity contribution < 1.29 is 29.2 Å². The van der Waals surface area contributed by atoms with E-state index < -0.39 is 0 Å². The van der Waals surface area contributed by atoms with Gasteiger partial charge < -0.3 is 39.8 Å². The molecule has 2 aromatic heterocycles. The average Bonchev–Trinajstić information content (AvgIpc) is 4.25. The summed E-state index contributed by atoms with van der Waals surface area (Å²) in [6, 6.07) is 25.3. The summed E-state index contributed by atoms with van der Waals surface area (Å²) in [5.74, 6) is 3.40. The fraction of sp³-hybridized carbons (Fsp3) is 0.552. The molecule has 0 bridgehead atoms. The molecule has 0 spiro atoms. The first kappa shape index (κ1) is 50.1. The highest BCUT2D eigenvalue weighted by molar-refractivity contribution is 5.48. The van der Waals surface area contributed by atoms with Gasteiger partial charge in [0.2, 0.25) is 0 Å². The summed E-state index contributed by atoms with van der Waals surface area (Å²) < 4.78 is 23.6. The Morgan fingerprint density at radius 1 is 0.629 bits per heavy atom. The molecule has 2 saturated heterocycles. The van der Waals surface area contributed by atoms with Crippen molar-refractivity contribution in [3.63, 3.8) is 0 Å². The predicted octanol–water partition coefficient (Wildman–Crippen LogP) is 10.3. The fourth-order valence-corrected chi connectivity index (χ4v) is 11.5. The Kier molecular flexibility index (Phi) is 17.2. The van der Waals surface area contributed by atoms with E-state index in [2.05, 4.69) is 106 Å². The Balaban J connectivity index is 0.000000174. The minimum Gasteiger partial charge on any atom is -0.511 e. The van der Waals surface area contributed by atoms with Gasteiger partial charge in [-0.25, -0.2) is 9.97 Å². The van der Waals surface area contributed by atoms with Crippen LogP contribution in [0.3, 0.4) is 0 Å². The normalized spacial score (nSPS) is 24.5. The molecule has 2 aliphatic carbocycles. The summed E-state index contributed by atoms with van der Waals surface area (Å²) >= 11 is 0. The zero-order valence-electron chi connectivity index (χ0n) is 41.8. The number of aliphatic hydroxyl groups excluding tert-OH is 2. The zero-order valence-corrected chi connectivity index (χ0v) is 41.8. The highest BCUT2D eigenvalue weighted by atomic mass is 16.5. The van der Waals surface area contributed by atoms with Crippen molar-refractivity contribution in [3.8, 4) is 0 Å². The Bertz CT molecular complexity index is 2210. The Labute approximate surface area is 416 Å². The number of hydrogen-bond acceptors (Lipinski definition) is 12. The average molecular weight is 955 g/mol. The topological polar surface area (TPSA) is 134 Å². The molecule has 6 aliphatic rings. The van der Waals surface area contributed by atoms with Crippen molar-refractivity contribution >= 4 is 11.6 Å². The molecule has 2 aromatic carbocycles. The van der Waals surface area contributed by atoms with Crippen molar-refractivity contribution in [1.29, 1.82) is 0 Å². The molecule has 70 heavy (non-hydrogen) atoms. The van der Waals surface area contributed by atoms with E-state index in [0.29, 0.717) is 11.8 Å². The second-order valence-electron chi connectivity index (χ2n) is 20.4. The second-order valence-corrected chi connectivity index (χ2v) is 20.4. The number of nitrogens with one attached hydrogen (secondary N) is 2. The van der Waals surface area contributed by atoms with Gasteiger partial charge in [0.25, 0.3) is 0 Å². The standard InChI is InChI=1S/2C29H39N3O3/c2*1-20(33)28(25-11-4-3-10-24(25)26-18-27(26)34-2)32-16-14-23(19-32)35-17-6-5-9-22-13-12-21-8-7-15-30-29(21)31-22/h2*3-4,10-13,23,26-28,33H,1,5-9,14-19H2,2H3,(H,30,31)/t23-,26-,27+,28+;23-,26-,27+,28-/m11/s1. The largest absolute Gasteiger partial charge is 0.511 e. The first-order chi connectivity index (χ1) is 34.3. The first-order valence-electron chi connectivity index (χ1n) is 26.4. The number of pyridine rings is 2. The van der Waals surface area contributed by atoms with Gasteiger partial charge >= 0.3 is 0 Å². The molecule has 10 rings (SSSR count). The predicted molar refractivity (Wildman–Crippen MR) is 278 cm³/mol. The number of benzene rings is 2. The molecule has 2 saturated carbocycles. The van der Waals surface area contributed by atoms with Crippen LogP contribution >= 0.6 is 0 Å². The van der Waals surface area contributed by atoms with Crippen molar-refractivity contribution in [2.24, 2.45) is 0 Å². The van der Waals surface area contributed by atoms with Crippen LogP contribution in [0.5, 0.6) is 0 Å². The van der Waals surface area contributed by atoms with E-state index in [0.717, 1.165) is 152 Å². The highest BCUT2D eigenvalue weighted by Gasteiger charge is 2.43. The maximum absolute atomic E-state index is 10.6. The number of likely N-dealkylation sites (tertiary alicyclic amines) is 2. The van der Waals surface area contributed by atoms with Gasteiger partial charge in [0.05, 0.1) is 36.5 Å². The summed E-state index contributed by atoms with van der Waals surface area (Å²) in [6.07, 6.45) is 15.8. The van der Waals surface area contributed by atoms with Gasteiger partial charge in [0.15, 0.2) is 0 Å². The summed E-state index contributed by atoms with van der Waals surface area (Å²) in [4.78, 5) is 14.2. The summed E-state index contributed by atoms with van der Waals surface area (Å²) in [7, 11) is 3.55. The lowest BCUT2D eigenvalue weighted by molar-refractivity contribution is 0.0522. The number of rotatable bonds is 22. The lowest BCUT2D eigenvalue weighted by atomic mass is 9.95. The highest BCUT2D eigenvalue weighted by Crippen LogP contribution is 2.48. The lowest BCUT2D eigenvalue weighted by Crippen LogP contribution is -2.30.